The Morgan fingerprint density at radius 3 is 2.58 bits per heavy atom. The molecular weight excluding hydrogens is 232 g/mol. The molecule has 0 spiro atoms. The second kappa shape index (κ2) is 9.99. The van der Waals surface area contributed by atoms with E-state index in [-0.39, 0.29) is 0 Å². The summed E-state index contributed by atoms with van der Waals surface area (Å²) in [5.74, 6) is 0. The molecule has 1 atom stereocenters. The molecule has 1 N–H and O–H groups in total. The summed E-state index contributed by atoms with van der Waals surface area (Å²) in [6, 6.07) is 11.4. The number of nitrogens with zero attached hydrogens (tertiary/aromatic N) is 1. The fourth-order valence-electron chi connectivity index (χ4n) is 2.28. The highest BCUT2D eigenvalue weighted by molar-refractivity contribution is 5.14. The first-order chi connectivity index (χ1) is 9.22. The summed E-state index contributed by atoms with van der Waals surface area (Å²) >= 11 is 0. The van der Waals surface area contributed by atoms with Crippen molar-refractivity contribution in [1.82, 2.24) is 10.2 Å². The Balaban J connectivity index is 2.06. The van der Waals surface area contributed by atoms with Crippen molar-refractivity contribution in [1.29, 1.82) is 0 Å². The van der Waals surface area contributed by atoms with Crippen LogP contribution in [-0.4, -0.2) is 31.1 Å². The van der Waals surface area contributed by atoms with Gasteiger partial charge >= 0.3 is 0 Å². The Bertz CT molecular complexity index is 310. The topological polar surface area (TPSA) is 15.3 Å². The Morgan fingerprint density at radius 1 is 1.16 bits per heavy atom. The SMILES string of the molecule is CCCCC(C)NCCCN(C)Cc1ccccc1. The molecule has 108 valence electrons. The zero-order valence-corrected chi connectivity index (χ0v) is 12.9. The van der Waals surface area contributed by atoms with Gasteiger partial charge in [0.15, 0.2) is 0 Å². The molecule has 0 aliphatic rings. The summed E-state index contributed by atoms with van der Waals surface area (Å²) in [7, 11) is 2.20. The summed E-state index contributed by atoms with van der Waals surface area (Å²) in [5.41, 5.74) is 1.40. The third-order valence-electron chi connectivity index (χ3n) is 3.50. The third kappa shape index (κ3) is 8.02. The molecule has 2 heteroatoms. The van der Waals surface area contributed by atoms with Gasteiger partial charge in [0.1, 0.15) is 0 Å². The maximum absolute atomic E-state index is 3.61. The van der Waals surface area contributed by atoms with Crippen molar-refractivity contribution < 1.29 is 0 Å². The number of benzene rings is 1. The van der Waals surface area contributed by atoms with Crippen LogP contribution in [0, 0.1) is 0 Å². The number of rotatable bonds is 10. The third-order valence-corrected chi connectivity index (χ3v) is 3.50. The van der Waals surface area contributed by atoms with E-state index in [4.69, 9.17) is 0 Å². The molecular formula is C17H30N2. The Kier molecular flexibility index (Phi) is 8.52. The van der Waals surface area contributed by atoms with Gasteiger partial charge in [-0.3, -0.25) is 0 Å². The van der Waals surface area contributed by atoms with Gasteiger partial charge in [-0.2, -0.15) is 0 Å². The minimum atomic E-state index is 0.666. The molecule has 0 saturated carbocycles. The van der Waals surface area contributed by atoms with Crippen molar-refractivity contribution in [3.63, 3.8) is 0 Å². The first kappa shape index (κ1) is 16.2. The average molecular weight is 262 g/mol. The van der Waals surface area contributed by atoms with Gasteiger partial charge in [-0.1, -0.05) is 50.1 Å². The van der Waals surface area contributed by atoms with Crippen molar-refractivity contribution in [3.8, 4) is 0 Å². The van der Waals surface area contributed by atoms with E-state index in [0.29, 0.717) is 6.04 Å². The summed E-state index contributed by atoms with van der Waals surface area (Å²) in [6.45, 7) is 7.88. The highest BCUT2D eigenvalue weighted by Crippen LogP contribution is 2.03. The number of unbranched alkanes of at least 4 members (excludes halogenated alkanes) is 1. The van der Waals surface area contributed by atoms with Crippen molar-refractivity contribution in [3.05, 3.63) is 35.9 Å². The largest absolute Gasteiger partial charge is 0.314 e. The highest BCUT2D eigenvalue weighted by Gasteiger charge is 2.02. The lowest BCUT2D eigenvalue weighted by Gasteiger charge is -2.18. The van der Waals surface area contributed by atoms with E-state index in [9.17, 15) is 0 Å². The second-order valence-electron chi connectivity index (χ2n) is 5.57. The molecule has 1 unspecified atom stereocenters. The van der Waals surface area contributed by atoms with Crippen LogP contribution in [0.25, 0.3) is 0 Å². The summed E-state index contributed by atoms with van der Waals surface area (Å²) in [6.07, 6.45) is 5.16. The predicted molar refractivity (Wildman–Crippen MR) is 84.4 cm³/mol. The average Bonchev–Trinajstić information content (AvgIpc) is 2.42. The molecule has 1 aromatic rings. The van der Waals surface area contributed by atoms with Crippen molar-refractivity contribution >= 4 is 0 Å². The number of hydrogen-bond acceptors (Lipinski definition) is 2. The zero-order valence-electron chi connectivity index (χ0n) is 12.9. The van der Waals surface area contributed by atoms with Crippen LogP contribution < -0.4 is 5.32 Å². The van der Waals surface area contributed by atoms with Crippen LogP contribution in [0.15, 0.2) is 30.3 Å². The number of hydrogen-bond donors (Lipinski definition) is 1. The monoisotopic (exact) mass is 262 g/mol. The standard InChI is InChI=1S/C17H30N2/c1-4-5-10-16(2)18-13-9-14-19(3)15-17-11-7-6-8-12-17/h6-8,11-12,16,18H,4-5,9-10,13-15H2,1-3H3. The molecule has 0 heterocycles. The molecule has 1 rings (SSSR count). The number of nitrogens with one attached hydrogen (secondary N) is 1. The minimum absolute atomic E-state index is 0.666. The normalized spacial score (nSPS) is 12.8. The molecule has 0 fully saturated rings. The van der Waals surface area contributed by atoms with Gasteiger partial charge in [0.25, 0.3) is 0 Å². The van der Waals surface area contributed by atoms with Gasteiger partial charge in [0, 0.05) is 12.6 Å². The van der Waals surface area contributed by atoms with Crippen LogP contribution in [0.1, 0.15) is 45.1 Å². The minimum Gasteiger partial charge on any atom is -0.314 e. The summed E-state index contributed by atoms with van der Waals surface area (Å²) in [4.78, 5) is 2.40. The van der Waals surface area contributed by atoms with E-state index in [0.717, 1.165) is 19.6 Å². The van der Waals surface area contributed by atoms with Crippen LogP contribution in [0.2, 0.25) is 0 Å². The van der Waals surface area contributed by atoms with Gasteiger partial charge in [0.05, 0.1) is 0 Å². The van der Waals surface area contributed by atoms with E-state index >= 15 is 0 Å². The van der Waals surface area contributed by atoms with Gasteiger partial charge in [-0.15, -0.1) is 0 Å². The van der Waals surface area contributed by atoms with Crippen LogP contribution in [-0.2, 0) is 6.54 Å². The predicted octanol–water partition coefficient (Wildman–Crippen LogP) is 3.68. The summed E-state index contributed by atoms with van der Waals surface area (Å²) < 4.78 is 0. The maximum Gasteiger partial charge on any atom is 0.0230 e. The van der Waals surface area contributed by atoms with E-state index in [1.165, 1.54) is 31.2 Å². The lowest BCUT2D eigenvalue weighted by molar-refractivity contribution is 0.316. The highest BCUT2D eigenvalue weighted by atomic mass is 15.1. The Hall–Kier alpha value is -0.860. The second-order valence-corrected chi connectivity index (χ2v) is 5.57. The molecule has 2 nitrogen and oxygen atoms in total. The molecule has 0 saturated heterocycles. The van der Waals surface area contributed by atoms with Crippen LogP contribution in [0.4, 0.5) is 0 Å². The van der Waals surface area contributed by atoms with Crippen molar-refractivity contribution in [2.45, 2.75) is 52.1 Å². The van der Waals surface area contributed by atoms with Crippen LogP contribution >= 0.6 is 0 Å². The zero-order chi connectivity index (χ0) is 13.9. The van der Waals surface area contributed by atoms with Gasteiger partial charge in [-0.25, -0.2) is 0 Å². The van der Waals surface area contributed by atoms with Gasteiger partial charge < -0.3 is 10.2 Å². The lowest BCUT2D eigenvalue weighted by atomic mass is 10.1. The van der Waals surface area contributed by atoms with Crippen LogP contribution in [0.5, 0.6) is 0 Å². The molecule has 0 aliphatic carbocycles. The van der Waals surface area contributed by atoms with E-state index in [1.54, 1.807) is 0 Å². The molecule has 1 aromatic carbocycles. The smallest absolute Gasteiger partial charge is 0.0230 e. The Labute approximate surface area is 119 Å². The Morgan fingerprint density at radius 2 is 1.89 bits per heavy atom. The van der Waals surface area contributed by atoms with Gasteiger partial charge in [0.2, 0.25) is 0 Å². The molecule has 0 aliphatic heterocycles. The maximum atomic E-state index is 3.61. The molecule has 0 amide bonds. The quantitative estimate of drug-likeness (QED) is 0.647. The fourth-order valence-corrected chi connectivity index (χ4v) is 2.28. The van der Waals surface area contributed by atoms with Crippen molar-refractivity contribution in [2.24, 2.45) is 0 Å². The van der Waals surface area contributed by atoms with E-state index in [1.807, 2.05) is 0 Å². The van der Waals surface area contributed by atoms with Crippen LogP contribution in [0.3, 0.4) is 0 Å². The molecule has 0 bridgehead atoms. The molecule has 0 aromatic heterocycles. The molecule has 0 radical (unpaired) electrons. The first-order valence-corrected chi connectivity index (χ1v) is 7.68. The summed E-state index contributed by atoms with van der Waals surface area (Å²) in [5, 5.41) is 3.61. The van der Waals surface area contributed by atoms with Gasteiger partial charge in [-0.05, 0) is 45.5 Å². The lowest BCUT2D eigenvalue weighted by Crippen LogP contribution is -2.29. The van der Waals surface area contributed by atoms with E-state index in [2.05, 4.69) is 61.4 Å². The molecule has 19 heavy (non-hydrogen) atoms. The first-order valence-electron chi connectivity index (χ1n) is 7.68. The van der Waals surface area contributed by atoms with E-state index < -0.39 is 0 Å². The fraction of sp³-hybridized carbons (Fsp3) is 0.647. The van der Waals surface area contributed by atoms with Crippen molar-refractivity contribution in [2.75, 3.05) is 20.1 Å².